The highest BCUT2D eigenvalue weighted by molar-refractivity contribution is 7.90. The third-order valence-corrected chi connectivity index (χ3v) is 4.64. The predicted molar refractivity (Wildman–Crippen MR) is 76.4 cm³/mol. The van der Waals surface area contributed by atoms with Gasteiger partial charge in [0.25, 0.3) is 0 Å². The summed E-state index contributed by atoms with van der Waals surface area (Å²) < 4.78 is 24.2. The van der Waals surface area contributed by atoms with Crippen molar-refractivity contribution in [2.24, 2.45) is 0 Å². The summed E-state index contributed by atoms with van der Waals surface area (Å²) >= 11 is 0. The maximum absolute atomic E-state index is 12.1. The van der Waals surface area contributed by atoms with Gasteiger partial charge < -0.3 is 5.32 Å². The highest BCUT2D eigenvalue weighted by Gasteiger charge is 2.16. The lowest BCUT2D eigenvalue weighted by atomic mass is 10.1. The van der Waals surface area contributed by atoms with Gasteiger partial charge in [0.2, 0.25) is 0 Å². The minimum atomic E-state index is -3.05. The summed E-state index contributed by atoms with van der Waals surface area (Å²) in [5.41, 5.74) is 1.94. The van der Waals surface area contributed by atoms with Crippen LogP contribution in [0.25, 0.3) is 0 Å². The fraction of sp³-hybridized carbons (Fsp3) is 0.571. The topological polar surface area (TPSA) is 46.2 Å². The Hall–Kier alpha value is -0.870. The largest absolute Gasteiger partial charge is 0.313 e. The molecule has 0 aromatic heterocycles. The molecule has 3 nitrogen and oxygen atoms in total. The van der Waals surface area contributed by atoms with E-state index in [2.05, 4.69) is 12.2 Å². The van der Waals surface area contributed by atoms with E-state index < -0.39 is 9.84 Å². The Morgan fingerprint density at radius 3 is 2.56 bits per heavy atom. The minimum absolute atomic E-state index is 0.0129. The van der Waals surface area contributed by atoms with Gasteiger partial charge in [-0.2, -0.15) is 0 Å². The summed E-state index contributed by atoms with van der Waals surface area (Å²) in [6, 6.07) is 7.66. The van der Waals surface area contributed by atoms with Gasteiger partial charge in [-0.15, -0.1) is 0 Å². The molecule has 4 heteroatoms. The van der Waals surface area contributed by atoms with Crippen LogP contribution < -0.4 is 5.32 Å². The van der Waals surface area contributed by atoms with Crippen LogP contribution in [0.1, 0.15) is 31.4 Å². The van der Waals surface area contributed by atoms with Gasteiger partial charge in [0.15, 0.2) is 9.84 Å². The number of hydrogen-bond donors (Lipinski definition) is 1. The molecule has 0 bridgehead atoms. The molecule has 0 fully saturated rings. The van der Waals surface area contributed by atoms with E-state index >= 15 is 0 Å². The van der Waals surface area contributed by atoms with Crippen LogP contribution >= 0.6 is 0 Å². The molecule has 0 amide bonds. The minimum Gasteiger partial charge on any atom is -0.313 e. The van der Waals surface area contributed by atoms with Crippen molar-refractivity contribution in [1.29, 1.82) is 0 Å². The van der Waals surface area contributed by atoms with Crippen molar-refractivity contribution in [1.82, 2.24) is 5.32 Å². The van der Waals surface area contributed by atoms with Gasteiger partial charge in [-0.3, -0.25) is 0 Å². The first-order valence-corrected chi connectivity index (χ1v) is 8.25. The van der Waals surface area contributed by atoms with Crippen LogP contribution in [0.4, 0.5) is 0 Å². The maximum Gasteiger partial charge on any atom is 0.155 e. The molecule has 0 aliphatic carbocycles. The molecule has 1 aromatic rings. The van der Waals surface area contributed by atoms with Crippen molar-refractivity contribution >= 4 is 9.84 Å². The average molecular weight is 269 g/mol. The summed E-state index contributed by atoms with van der Waals surface area (Å²) in [6.07, 6.45) is 1.02. The SMILES string of the molecule is CCCNC(C)CS(=O)(=O)Cc1ccccc1C. The quantitative estimate of drug-likeness (QED) is 0.826. The fourth-order valence-corrected chi connectivity index (χ4v) is 3.69. The van der Waals surface area contributed by atoms with Crippen molar-refractivity contribution in [3.05, 3.63) is 35.4 Å². The highest BCUT2D eigenvalue weighted by Crippen LogP contribution is 2.12. The van der Waals surface area contributed by atoms with Gasteiger partial charge in [0, 0.05) is 6.04 Å². The molecule has 18 heavy (non-hydrogen) atoms. The summed E-state index contributed by atoms with van der Waals surface area (Å²) in [5.74, 6) is 0.332. The van der Waals surface area contributed by atoms with Crippen LogP contribution in [0.3, 0.4) is 0 Å². The number of benzene rings is 1. The molecule has 102 valence electrons. The van der Waals surface area contributed by atoms with E-state index in [1.165, 1.54) is 0 Å². The Kier molecular flexibility index (Phi) is 5.82. The monoisotopic (exact) mass is 269 g/mol. The van der Waals surface area contributed by atoms with Crippen molar-refractivity contribution in [2.75, 3.05) is 12.3 Å². The number of nitrogens with one attached hydrogen (secondary N) is 1. The van der Waals surface area contributed by atoms with E-state index in [1.807, 2.05) is 38.1 Å². The molecule has 0 aliphatic rings. The summed E-state index contributed by atoms with van der Waals surface area (Å²) in [7, 11) is -3.05. The number of aryl methyl sites for hydroxylation is 1. The van der Waals surface area contributed by atoms with Crippen LogP contribution in [-0.4, -0.2) is 26.8 Å². The second-order valence-corrected chi connectivity index (χ2v) is 6.95. The van der Waals surface area contributed by atoms with Gasteiger partial charge in [0.1, 0.15) is 0 Å². The molecular weight excluding hydrogens is 246 g/mol. The van der Waals surface area contributed by atoms with E-state index in [-0.39, 0.29) is 17.5 Å². The Labute approximate surface area is 111 Å². The van der Waals surface area contributed by atoms with Gasteiger partial charge in [-0.05, 0) is 37.9 Å². The first kappa shape index (κ1) is 15.2. The molecule has 0 radical (unpaired) electrons. The third-order valence-electron chi connectivity index (χ3n) is 2.88. The molecule has 1 atom stereocenters. The van der Waals surface area contributed by atoms with Gasteiger partial charge >= 0.3 is 0 Å². The smallest absolute Gasteiger partial charge is 0.155 e. The normalized spacial score (nSPS) is 13.5. The summed E-state index contributed by atoms with van der Waals surface area (Å²) in [5, 5.41) is 3.21. The number of rotatable bonds is 7. The molecule has 1 N–H and O–H groups in total. The zero-order valence-corrected chi connectivity index (χ0v) is 12.3. The van der Waals surface area contributed by atoms with Crippen molar-refractivity contribution in [2.45, 2.75) is 39.0 Å². The van der Waals surface area contributed by atoms with E-state index in [4.69, 9.17) is 0 Å². The molecule has 0 saturated heterocycles. The molecule has 1 rings (SSSR count). The van der Waals surface area contributed by atoms with Crippen LogP contribution in [0.2, 0.25) is 0 Å². The standard InChI is InChI=1S/C14H23NO2S/c1-4-9-15-13(3)10-18(16,17)11-14-8-6-5-7-12(14)2/h5-8,13,15H,4,9-11H2,1-3H3. The van der Waals surface area contributed by atoms with E-state index in [9.17, 15) is 8.42 Å². The molecule has 0 aliphatic heterocycles. The zero-order chi connectivity index (χ0) is 13.6. The van der Waals surface area contributed by atoms with E-state index in [0.717, 1.165) is 24.1 Å². The highest BCUT2D eigenvalue weighted by atomic mass is 32.2. The molecule has 0 spiro atoms. The summed E-state index contributed by atoms with van der Waals surface area (Å²) in [4.78, 5) is 0. The van der Waals surface area contributed by atoms with E-state index in [0.29, 0.717) is 0 Å². The van der Waals surface area contributed by atoms with Crippen LogP contribution in [-0.2, 0) is 15.6 Å². The lowest BCUT2D eigenvalue weighted by Gasteiger charge is -2.14. The van der Waals surface area contributed by atoms with Crippen LogP contribution in [0.5, 0.6) is 0 Å². The average Bonchev–Trinajstić information content (AvgIpc) is 2.28. The van der Waals surface area contributed by atoms with Crippen LogP contribution in [0.15, 0.2) is 24.3 Å². The Morgan fingerprint density at radius 2 is 1.94 bits per heavy atom. The Morgan fingerprint density at radius 1 is 1.28 bits per heavy atom. The summed E-state index contributed by atoms with van der Waals surface area (Å²) in [6.45, 7) is 6.80. The number of sulfone groups is 1. The molecule has 1 unspecified atom stereocenters. The van der Waals surface area contributed by atoms with Crippen molar-refractivity contribution in [3.8, 4) is 0 Å². The number of hydrogen-bond acceptors (Lipinski definition) is 3. The van der Waals surface area contributed by atoms with Gasteiger partial charge in [0.05, 0.1) is 11.5 Å². The van der Waals surface area contributed by atoms with Gasteiger partial charge in [-0.25, -0.2) is 8.42 Å². The Balaban J connectivity index is 2.63. The second-order valence-electron chi connectivity index (χ2n) is 4.84. The van der Waals surface area contributed by atoms with E-state index in [1.54, 1.807) is 0 Å². The molecule has 1 aromatic carbocycles. The Bertz CT molecular complexity index is 468. The first-order valence-electron chi connectivity index (χ1n) is 6.43. The van der Waals surface area contributed by atoms with Crippen molar-refractivity contribution in [3.63, 3.8) is 0 Å². The van der Waals surface area contributed by atoms with Crippen LogP contribution in [0, 0.1) is 6.92 Å². The fourth-order valence-electron chi connectivity index (χ4n) is 1.90. The zero-order valence-electron chi connectivity index (χ0n) is 11.4. The maximum atomic E-state index is 12.1. The van der Waals surface area contributed by atoms with Gasteiger partial charge in [-0.1, -0.05) is 31.2 Å². The molecule has 0 heterocycles. The lowest BCUT2D eigenvalue weighted by Crippen LogP contribution is -2.34. The lowest BCUT2D eigenvalue weighted by molar-refractivity contribution is 0.554. The predicted octanol–water partition coefficient (Wildman–Crippen LogP) is 2.30. The third kappa shape index (κ3) is 5.19. The molecular formula is C14H23NO2S. The second kappa shape index (κ2) is 6.90. The van der Waals surface area contributed by atoms with Crippen molar-refractivity contribution < 1.29 is 8.42 Å². The first-order chi connectivity index (χ1) is 8.44. The molecule has 0 saturated carbocycles.